The SMILES string of the molecule is CCNC(=NCc1cn2ccsc2n1)N1CCC(C)CC1.I. The standard InChI is InChI=1S/C15H23N5S.HI/c1-3-16-14(19-6-4-12(2)5-7-19)17-10-13-11-20-8-9-21-15(20)18-13;/h8-9,11-12H,3-7,10H2,1-2H3,(H,16,17);1H. The van der Waals surface area contributed by atoms with Gasteiger partial charge >= 0.3 is 0 Å². The van der Waals surface area contributed by atoms with Crippen LogP contribution in [0.1, 0.15) is 32.4 Å². The first-order valence-corrected chi connectivity index (χ1v) is 8.58. The number of piperidine rings is 1. The second kappa shape index (κ2) is 8.14. The van der Waals surface area contributed by atoms with E-state index < -0.39 is 0 Å². The quantitative estimate of drug-likeness (QED) is 0.460. The molecule has 3 rings (SSSR count). The molecule has 0 amide bonds. The van der Waals surface area contributed by atoms with Gasteiger partial charge in [-0.1, -0.05) is 6.92 Å². The van der Waals surface area contributed by atoms with Crippen LogP contribution in [0.5, 0.6) is 0 Å². The van der Waals surface area contributed by atoms with E-state index in [0.717, 1.165) is 42.2 Å². The summed E-state index contributed by atoms with van der Waals surface area (Å²) < 4.78 is 2.06. The minimum atomic E-state index is 0. The molecule has 2 aromatic rings. The molecule has 1 saturated heterocycles. The molecule has 3 heterocycles. The van der Waals surface area contributed by atoms with E-state index in [0.29, 0.717) is 6.54 Å². The van der Waals surface area contributed by atoms with Gasteiger partial charge in [-0.3, -0.25) is 4.40 Å². The Morgan fingerprint density at radius 1 is 1.45 bits per heavy atom. The smallest absolute Gasteiger partial charge is 0.194 e. The number of likely N-dealkylation sites (tertiary alicyclic amines) is 1. The van der Waals surface area contributed by atoms with Crippen molar-refractivity contribution in [1.82, 2.24) is 19.6 Å². The number of rotatable bonds is 3. The molecule has 1 aliphatic rings. The zero-order chi connectivity index (χ0) is 14.7. The molecule has 0 atom stereocenters. The second-order valence-corrected chi connectivity index (χ2v) is 6.54. The van der Waals surface area contributed by atoms with Crippen LogP contribution in [0.4, 0.5) is 0 Å². The fraction of sp³-hybridized carbons (Fsp3) is 0.600. The van der Waals surface area contributed by atoms with Crippen molar-refractivity contribution < 1.29 is 0 Å². The average Bonchev–Trinajstić information content (AvgIpc) is 3.05. The highest BCUT2D eigenvalue weighted by Gasteiger charge is 2.18. The topological polar surface area (TPSA) is 44.9 Å². The van der Waals surface area contributed by atoms with Crippen molar-refractivity contribution in [3.8, 4) is 0 Å². The highest BCUT2D eigenvalue weighted by Crippen LogP contribution is 2.16. The fourth-order valence-electron chi connectivity index (χ4n) is 2.65. The van der Waals surface area contributed by atoms with Gasteiger partial charge in [0.15, 0.2) is 10.9 Å². The molecule has 0 aromatic carbocycles. The van der Waals surface area contributed by atoms with Gasteiger partial charge in [0.05, 0.1) is 12.2 Å². The first-order valence-electron chi connectivity index (χ1n) is 7.70. The minimum Gasteiger partial charge on any atom is -0.357 e. The predicted molar refractivity (Wildman–Crippen MR) is 103 cm³/mol. The van der Waals surface area contributed by atoms with Gasteiger partial charge in [0.1, 0.15) is 0 Å². The van der Waals surface area contributed by atoms with Gasteiger partial charge < -0.3 is 10.2 Å². The molecule has 0 spiro atoms. The molecule has 0 bridgehead atoms. The lowest BCUT2D eigenvalue weighted by atomic mass is 10.00. The van der Waals surface area contributed by atoms with Crippen LogP contribution < -0.4 is 5.32 Å². The Labute approximate surface area is 152 Å². The lowest BCUT2D eigenvalue weighted by molar-refractivity contribution is 0.273. The van der Waals surface area contributed by atoms with Gasteiger partial charge in [0.25, 0.3) is 0 Å². The van der Waals surface area contributed by atoms with Crippen LogP contribution in [0, 0.1) is 5.92 Å². The van der Waals surface area contributed by atoms with E-state index in [1.54, 1.807) is 11.3 Å². The van der Waals surface area contributed by atoms with E-state index in [4.69, 9.17) is 4.99 Å². The zero-order valence-electron chi connectivity index (χ0n) is 13.2. The molecular weight excluding hydrogens is 409 g/mol. The summed E-state index contributed by atoms with van der Waals surface area (Å²) in [5, 5.41) is 5.46. The second-order valence-electron chi connectivity index (χ2n) is 5.66. The van der Waals surface area contributed by atoms with Gasteiger partial charge in [0.2, 0.25) is 0 Å². The number of aliphatic imine (C=N–C) groups is 1. The Morgan fingerprint density at radius 2 is 2.23 bits per heavy atom. The van der Waals surface area contributed by atoms with Gasteiger partial charge in [0, 0.05) is 37.4 Å². The monoisotopic (exact) mass is 433 g/mol. The summed E-state index contributed by atoms with van der Waals surface area (Å²) in [7, 11) is 0. The van der Waals surface area contributed by atoms with E-state index in [1.165, 1.54) is 12.8 Å². The van der Waals surface area contributed by atoms with Crippen molar-refractivity contribution in [3.05, 3.63) is 23.5 Å². The number of hydrogen-bond donors (Lipinski definition) is 1. The van der Waals surface area contributed by atoms with Crippen molar-refractivity contribution in [2.75, 3.05) is 19.6 Å². The van der Waals surface area contributed by atoms with Crippen molar-refractivity contribution in [1.29, 1.82) is 0 Å². The Kier molecular flexibility index (Phi) is 6.49. The third kappa shape index (κ3) is 4.13. The predicted octanol–water partition coefficient (Wildman–Crippen LogP) is 3.21. The number of nitrogens with one attached hydrogen (secondary N) is 1. The Morgan fingerprint density at radius 3 is 2.91 bits per heavy atom. The largest absolute Gasteiger partial charge is 0.357 e. The molecule has 0 radical (unpaired) electrons. The van der Waals surface area contributed by atoms with E-state index >= 15 is 0 Å². The normalized spacial score (nSPS) is 16.8. The molecule has 0 unspecified atom stereocenters. The number of hydrogen-bond acceptors (Lipinski definition) is 3. The third-order valence-corrected chi connectivity index (χ3v) is 4.72. The lowest BCUT2D eigenvalue weighted by Crippen LogP contribution is -2.45. The number of imidazole rings is 1. The first-order chi connectivity index (χ1) is 10.3. The van der Waals surface area contributed by atoms with Crippen molar-refractivity contribution in [2.45, 2.75) is 33.2 Å². The summed E-state index contributed by atoms with van der Waals surface area (Å²) in [6, 6.07) is 0. The molecule has 7 heteroatoms. The van der Waals surface area contributed by atoms with Gasteiger partial charge in [-0.15, -0.1) is 35.3 Å². The van der Waals surface area contributed by atoms with Gasteiger partial charge in [-0.05, 0) is 25.7 Å². The number of nitrogens with zero attached hydrogens (tertiary/aromatic N) is 4. The highest BCUT2D eigenvalue weighted by atomic mass is 127. The number of thiazole rings is 1. The van der Waals surface area contributed by atoms with Crippen LogP contribution in [0.3, 0.4) is 0 Å². The highest BCUT2D eigenvalue weighted by molar-refractivity contribution is 14.0. The van der Waals surface area contributed by atoms with Crippen LogP contribution in [0.15, 0.2) is 22.8 Å². The maximum absolute atomic E-state index is 4.77. The summed E-state index contributed by atoms with van der Waals surface area (Å²) in [6.45, 7) is 8.20. The van der Waals surface area contributed by atoms with Crippen molar-refractivity contribution >= 4 is 46.2 Å². The molecule has 5 nitrogen and oxygen atoms in total. The third-order valence-electron chi connectivity index (χ3n) is 3.95. The van der Waals surface area contributed by atoms with Crippen LogP contribution in [0.2, 0.25) is 0 Å². The maximum Gasteiger partial charge on any atom is 0.194 e. The Balaban J connectivity index is 0.00000176. The number of aromatic nitrogens is 2. The molecule has 22 heavy (non-hydrogen) atoms. The Bertz CT molecular complexity index is 584. The number of guanidine groups is 1. The fourth-order valence-corrected chi connectivity index (χ4v) is 3.37. The van der Waals surface area contributed by atoms with Crippen LogP contribution in [0.25, 0.3) is 4.96 Å². The molecule has 0 saturated carbocycles. The van der Waals surface area contributed by atoms with Crippen molar-refractivity contribution in [3.63, 3.8) is 0 Å². The number of halogens is 1. The molecule has 2 aromatic heterocycles. The maximum atomic E-state index is 4.77. The summed E-state index contributed by atoms with van der Waals surface area (Å²) in [4.78, 5) is 12.8. The summed E-state index contributed by atoms with van der Waals surface area (Å²) >= 11 is 1.66. The minimum absolute atomic E-state index is 0. The number of fused-ring (bicyclic) bond motifs is 1. The molecule has 1 N–H and O–H groups in total. The zero-order valence-corrected chi connectivity index (χ0v) is 16.3. The van der Waals surface area contributed by atoms with Crippen molar-refractivity contribution in [2.24, 2.45) is 10.9 Å². The average molecular weight is 433 g/mol. The first kappa shape index (κ1) is 17.5. The van der Waals surface area contributed by atoms with E-state index in [9.17, 15) is 0 Å². The van der Waals surface area contributed by atoms with E-state index in [1.807, 2.05) is 11.6 Å². The van der Waals surface area contributed by atoms with E-state index in [-0.39, 0.29) is 24.0 Å². The van der Waals surface area contributed by atoms with E-state index in [2.05, 4.69) is 39.6 Å². The van der Waals surface area contributed by atoms with Gasteiger partial charge in [-0.25, -0.2) is 9.98 Å². The van der Waals surface area contributed by atoms with Crippen LogP contribution in [-0.2, 0) is 6.54 Å². The molecule has 122 valence electrons. The molecule has 1 fully saturated rings. The Hall–Kier alpha value is -0.830. The lowest BCUT2D eigenvalue weighted by Gasteiger charge is -2.32. The summed E-state index contributed by atoms with van der Waals surface area (Å²) in [6.07, 6.45) is 6.61. The molecule has 1 aliphatic heterocycles. The molecular formula is C15H24IN5S. The molecule has 0 aliphatic carbocycles. The summed E-state index contributed by atoms with van der Waals surface area (Å²) in [5.74, 6) is 1.87. The summed E-state index contributed by atoms with van der Waals surface area (Å²) in [5.41, 5.74) is 1.03. The van der Waals surface area contributed by atoms with Crippen LogP contribution in [-0.4, -0.2) is 39.9 Å². The van der Waals surface area contributed by atoms with Gasteiger partial charge in [-0.2, -0.15) is 0 Å². The van der Waals surface area contributed by atoms with Crippen LogP contribution >= 0.6 is 35.3 Å².